The maximum Gasteiger partial charge on any atom is 0.322 e. The fourth-order valence-corrected chi connectivity index (χ4v) is 2.09. The molecule has 0 spiro atoms. The molecular weight excluding hydrogens is 294 g/mol. The van der Waals surface area contributed by atoms with Gasteiger partial charge in [-0.05, 0) is 40.1 Å². The van der Waals surface area contributed by atoms with E-state index >= 15 is 0 Å². The van der Waals surface area contributed by atoms with Crippen LogP contribution in [0.4, 0.5) is 0 Å². The first-order chi connectivity index (χ1) is 11.0. The van der Waals surface area contributed by atoms with E-state index in [1.54, 1.807) is 0 Å². The molecule has 0 bridgehead atoms. The van der Waals surface area contributed by atoms with E-state index in [0.717, 1.165) is 12.3 Å². The minimum Gasteiger partial charge on any atom is -0.492 e. The van der Waals surface area contributed by atoms with Crippen LogP contribution < -0.4 is 15.2 Å². The third-order valence-corrected chi connectivity index (χ3v) is 3.29. The maximum atomic E-state index is 5.90. The Hall–Kier alpha value is -2.12. The molecule has 7 heteroatoms. The highest BCUT2D eigenvalue weighted by Gasteiger charge is 2.15. The standard InChI is InChI=1S/C16H25N5O2/c1-5-21-15(12(2)17)18-19-16(21)23-14-8-6-7-13(11-14)22-10-9-20(3)4/h6-8,11-12H,5,9-10,17H2,1-4H3/t12-/m1/s1. The molecule has 0 saturated carbocycles. The van der Waals surface area contributed by atoms with E-state index in [1.165, 1.54) is 0 Å². The van der Waals surface area contributed by atoms with E-state index in [9.17, 15) is 0 Å². The van der Waals surface area contributed by atoms with Crippen molar-refractivity contribution in [2.45, 2.75) is 26.4 Å². The van der Waals surface area contributed by atoms with Crippen LogP contribution in [0.25, 0.3) is 0 Å². The maximum absolute atomic E-state index is 5.90. The number of ether oxygens (including phenoxy) is 2. The highest BCUT2D eigenvalue weighted by Crippen LogP contribution is 2.25. The normalized spacial score (nSPS) is 12.4. The lowest BCUT2D eigenvalue weighted by atomic mass is 10.3. The second-order valence-electron chi connectivity index (χ2n) is 5.60. The molecule has 23 heavy (non-hydrogen) atoms. The van der Waals surface area contributed by atoms with E-state index in [1.807, 2.05) is 56.8 Å². The molecule has 0 fully saturated rings. The van der Waals surface area contributed by atoms with Gasteiger partial charge in [-0.2, -0.15) is 0 Å². The lowest BCUT2D eigenvalue weighted by Gasteiger charge is -2.12. The molecule has 2 rings (SSSR count). The summed E-state index contributed by atoms with van der Waals surface area (Å²) in [7, 11) is 4.02. The second-order valence-corrected chi connectivity index (χ2v) is 5.60. The van der Waals surface area contributed by atoms with Crippen molar-refractivity contribution in [3.8, 4) is 17.5 Å². The molecule has 1 aromatic carbocycles. The lowest BCUT2D eigenvalue weighted by molar-refractivity contribution is 0.260. The van der Waals surface area contributed by atoms with Crippen molar-refractivity contribution in [2.24, 2.45) is 5.73 Å². The first-order valence-corrected chi connectivity index (χ1v) is 7.75. The number of nitrogens with two attached hydrogens (primary N) is 1. The van der Waals surface area contributed by atoms with Gasteiger partial charge in [-0.1, -0.05) is 11.2 Å². The molecule has 0 aliphatic carbocycles. The molecular formula is C16H25N5O2. The van der Waals surface area contributed by atoms with Crippen LogP contribution in [-0.4, -0.2) is 46.9 Å². The molecule has 0 unspecified atom stereocenters. The third-order valence-electron chi connectivity index (χ3n) is 3.29. The number of rotatable bonds is 8. The first-order valence-electron chi connectivity index (χ1n) is 7.75. The summed E-state index contributed by atoms with van der Waals surface area (Å²) in [5, 5.41) is 8.18. The minimum atomic E-state index is -0.194. The fraction of sp³-hybridized carbons (Fsp3) is 0.500. The van der Waals surface area contributed by atoms with Crippen molar-refractivity contribution in [2.75, 3.05) is 27.2 Å². The molecule has 0 aliphatic rings. The van der Waals surface area contributed by atoms with Crippen molar-refractivity contribution < 1.29 is 9.47 Å². The lowest BCUT2D eigenvalue weighted by Crippen LogP contribution is -2.19. The van der Waals surface area contributed by atoms with Gasteiger partial charge in [0.1, 0.15) is 18.1 Å². The summed E-state index contributed by atoms with van der Waals surface area (Å²) in [6, 6.07) is 7.74. The Morgan fingerprint density at radius 3 is 2.65 bits per heavy atom. The zero-order valence-electron chi connectivity index (χ0n) is 14.2. The summed E-state index contributed by atoms with van der Waals surface area (Å²) in [6.45, 7) is 6.05. The van der Waals surface area contributed by atoms with E-state index in [2.05, 4.69) is 15.1 Å². The van der Waals surface area contributed by atoms with Gasteiger partial charge < -0.3 is 20.1 Å². The van der Waals surface area contributed by atoms with Gasteiger partial charge in [0.05, 0.1) is 6.04 Å². The van der Waals surface area contributed by atoms with Gasteiger partial charge in [0.2, 0.25) is 0 Å². The Kier molecular flexibility index (Phi) is 5.95. The van der Waals surface area contributed by atoms with Crippen molar-refractivity contribution in [1.29, 1.82) is 0 Å². The van der Waals surface area contributed by atoms with Gasteiger partial charge in [0.15, 0.2) is 5.82 Å². The van der Waals surface area contributed by atoms with E-state index in [4.69, 9.17) is 15.2 Å². The summed E-state index contributed by atoms with van der Waals surface area (Å²) in [5.74, 6) is 2.13. The largest absolute Gasteiger partial charge is 0.492 e. The number of hydrogen-bond donors (Lipinski definition) is 1. The summed E-state index contributed by atoms with van der Waals surface area (Å²) in [6.07, 6.45) is 0. The Bertz CT molecular complexity index is 625. The quantitative estimate of drug-likeness (QED) is 0.802. The van der Waals surface area contributed by atoms with E-state index in [-0.39, 0.29) is 6.04 Å². The number of likely N-dealkylation sites (N-methyl/N-ethyl adjacent to an activating group) is 1. The van der Waals surface area contributed by atoms with Crippen LogP contribution in [0.5, 0.6) is 17.5 Å². The van der Waals surface area contributed by atoms with Crippen molar-refractivity contribution in [1.82, 2.24) is 19.7 Å². The Balaban J connectivity index is 2.08. The summed E-state index contributed by atoms with van der Waals surface area (Å²) in [5.41, 5.74) is 5.90. The van der Waals surface area contributed by atoms with Crippen LogP contribution in [-0.2, 0) is 6.54 Å². The van der Waals surface area contributed by atoms with Gasteiger partial charge in [0, 0.05) is 19.2 Å². The van der Waals surface area contributed by atoms with E-state index in [0.29, 0.717) is 30.7 Å². The highest BCUT2D eigenvalue weighted by atomic mass is 16.5. The molecule has 1 aromatic heterocycles. The van der Waals surface area contributed by atoms with Crippen LogP contribution >= 0.6 is 0 Å². The average molecular weight is 319 g/mol. The molecule has 0 aliphatic heterocycles. The Morgan fingerprint density at radius 2 is 2.00 bits per heavy atom. The number of benzene rings is 1. The summed E-state index contributed by atoms with van der Waals surface area (Å²) < 4.78 is 13.4. The minimum absolute atomic E-state index is 0.194. The number of hydrogen-bond acceptors (Lipinski definition) is 6. The third kappa shape index (κ3) is 4.67. The zero-order valence-corrected chi connectivity index (χ0v) is 14.2. The van der Waals surface area contributed by atoms with Crippen LogP contribution in [0.3, 0.4) is 0 Å². The van der Waals surface area contributed by atoms with Crippen LogP contribution in [0.1, 0.15) is 25.7 Å². The SMILES string of the molecule is CCn1c(Oc2cccc(OCCN(C)C)c2)nnc1[C@@H](C)N. The van der Waals surface area contributed by atoms with Crippen LogP contribution in [0, 0.1) is 0 Å². The fourth-order valence-electron chi connectivity index (χ4n) is 2.09. The molecule has 7 nitrogen and oxygen atoms in total. The predicted molar refractivity (Wildman–Crippen MR) is 88.9 cm³/mol. The number of aromatic nitrogens is 3. The molecule has 0 amide bonds. The predicted octanol–water partition coefficient (Wildman–Crippen LogP) is 2.05. The van der Waals surface area contributed by atoms with Crippen LogP contribution in [0.2, 0.25) is 0 Å². The van der Waals surface area contributed by atoms with Gasteiger partial charge in [-0.3, -0.25) is 4.57 Å². The zero-order chi connectivity index (χ0) is 16.8. The van der Waals surface area contributed by atoms with Gasteiger partial charge in [0.25, 0.3) is 0 Å². The monoisotopic (exact) mass is 319 g/mol. The van der Waals surface area contributed by atoms with Gasteiger partial charge >= 0.3 is 6.01 Å². The van der Waals surface area contributed by atoms with Crippen molar-refractivity contribution >= 4 is 0 Å². The van der Waals surface area contributed by atoms with Crippen molar-refractivity contribution in [3.05, 3.63) is 30.1 Å². The molecule has 0 radical (unpaired) electrons. The summed E-state index contributed by atoms with van der Waals surface area (Å²) >= 11 is 0. The summed E-state index contributed by atoms with van der Waals surface area (Å²) in [4.78, 5) is 2.07. The van der Waals surface area contributed by atoms with Gasteiger partial charge in [-0.15, -0.1) is 5.10 Å². The Labute approximate surface area is 137 Å². The molecule has 1 atom stereocenters. The molecule has 2 N–H and O–H groups in total. The molecule has 0 saturated heterocycles. The first kappa shape index (κ1) is 17.2. The molecule has 1 heterocycles. The highest BCUT2D eigenvalue weighted by molar-refractivity contribution is 5.34. The Morgan fingerprint density at radius 1 is 1.26 bits per heavy atom. The topological polar surface area (TPSA) is 78.4 Å². The van der Waals surface area contributed by atoms with Gasteiger partial charge in [-0.25, -0.2) is 0 Å². The second kappa shape index (κ2) is 7.94. The molecule has 126 valence electrons. The van der Waals surface area contributed by atoms with E-state index < -0.39 is 0 Å². The molecule has 2 aromatic rings. The van der Waals surface area contributed by atoms with Crippen LogP contribution in [0.15, 0.2) is 24.3 Å². The smallest absolute Gasteiger partial charge is 0.322 e. The number of nitrogens with zero attached hydrogens (tertiary/aromatic N) is 4. The van der Waals surface area contributed by atoms with Crippen molar-refractivity contribution in [3.63, 3.8) is 0 Å². The average Bonchev–Trinajstić information content (AvgIpc) is 2.90.